The van der Waals surface area contributed by atoms with E-state index in [1.54, 1.807) is 12.1 Å². The van der Waals surface area contributed by atoms with Crippen molar-refractivity contribution in [2.45, 2.75) is 18.6 Å². The molecular weight excluding hydrogens is 271 g/mol. The minimum atomic E-state index is -0.416. The SMILES string of the molecule is O=C(NC1CCN(c2ccc(F)c(Cl)c2)C1)C1CO1. The molecule has 0 aliphatic carbocycles. The molecule has 2 fully saturated rings. The van der Waals surface area contributed by atoms with Crippen molar-refractivity contribution in [3.63, 3.8) is 0 Å². The lowest BCUT2D eigenvalue weighted by Gasteiger charge is -2.19. The number of ether oxygens (including phenoxy) is 1. The second kappa shape index (κ2) is 4.98. The van der Waals surface area contributed by atoms with Gasteiger partial charge >= 0.3 is 0 Å². The molecule has 4 nitrogen and oxygen atoms in total. The predicted molar refractivity (Wildman–Crippen MR) is 69.9 cm³/mol. The zero-order chi connectivity index (χ0) is 13.4. The van der Waals surface area contributed by atoms with Crippen molar-refractivity contribution in [2.75, 3.05) is 24.6 Å². The first-order valence-electron chi connectivity index (χ1n) is 6.25. The van der Waals surface area contributed by atoms with Crippen LogP contribution in [0.15, 0.2) is 18.2 Å². The molecule has 1 N–H and O–H groups in total. The lowest BCUT2D eigenvalue weighted by atomic mass is 10.2. The highest BCUT2D eigenvalue weighted by Gasteiger charge is 2.34. The van der Waals surface area contributed by atoms with Crippen LogP contribution in [0.25, 0.3) is 0 Å². The Bertz CT molecular complexity index is 507. The van der Waals surface area contributed by atoms with Gasteiger partial charge in [0.25, 0.3) is 5.91 Å². The zero-order valence-corrected chi connectivity index (χ0v) is 11.0. The highest BCUT2D eigenvalue weighted by atomic mass is 35.5. The fraction of sp³-hybridized carbons (Fsp3) is 0.462. The van der Waals surface area contributed by atoms with Crippen molar-refractivity contribution in [1.82, 2.24) is 5.32 Å². The quantitative estimate of drug-likeness (QED) is 0.857. The first-order valence-corrected chi connectivity index (χ1v) is 6.63. The molecule has 0 aromatic heterocycles. The highest BCUT2D eigenvalue weighted by molar-refractivity contribution is 6.31. The summed E-state index contributed by atoms with van der Waals surface area (Å²) in [4.78, 5) is 13.7. The van der Waals surface area contributed by atoms with Crippen LogP contribution in [0.4, 0.5) is 10.1 Å². The summed E-state index contributed by atoms with van der Waals surface area (Å²) < 4.78 is 18.0. The van der Waals surface area contributed by atoms with E-state index in [-0.39, 0.29) is 23.1 Å². The van der Waals surface area contributed by atoms with Crippen molar-refractivity contribution < 1.29 is 13.9 Å². The summed E-state index contributed by atoms with van der Waals surface area (Å²) in [6.45, 7) is 2.05. The van der Waals surface area contributed by atoms with E-state index >= 15 is 0 Å². The maximum Gasteiger partial charge on any atom is 0.251 e. The van der Waals surface area contributed by atoms with Crippen molar-refractivity contribution in [2.24, 2.45) is 0 Å². The van der Waals surface area contributed by atoms with Crippen LogP contribution in [0.1, 0.15) is 6.42 Å². The Kier molecular flexibility index (Phi) is 3.33. The van der Waals surface area contributed by atoms with Crippen molar-refractivity contribution in [3.8, 4) is 0 Å². The van der Waals surface area contributed by atoms with E-state index in [9.17, 15) is 9.18 Å². The molecule has 1 amide bonds. The predicted octanol–water partition coefficient (Wildman–Crippen LogP) is 1.57. The van der Waals surface area contributed by atoms with Gasteiger partial charge in [-0.1, -0.05) is 11.6 Å². The summed E-state index contributed by atoms with van der Waals surface area (Å²) >= 11 is 5.77. The highest BCUT2D eigenvalue weighted by Crippen LogP contribution is 2.25. The lowest BCUT2D eigenvalue weighted by Crippen LogP contribution is -2.39. The third kappa shape index (κ3) is 2.82. The van der Waals surface area contributed by atoms with Gasteiger partial charge in [0.15, 0.2) is 6.10 Å². The molecule has 2 atom stereocenters. The molecule has 102 valence electrons. The number of halogens is 2. The van der Waals surface area contributed by atoms with Gasteiger partial charge in [-0.05, 0) is 24.6 Å². The number of hydrogen-bond acceptors (Lipinski definition) is 3. The Hall–Kier alpha value is -1.33. The third-order valence-corrected chi connectivity index (χ3v) is 3.72. The molecule has 1 aromatic carbocycles. The van der Waals surface area contributed by atoms with Gasteiger partial charge in [-0.25, -0.2) is 4.39 Å². The second-order valence-corrected chi connectivity index (χ2v) is 5.27. The molecule has 2 aliphatic heterocycles. The Morgan fingerprint density at radius 1 is 1.53 bits per heavy atom. The molecule has 0 spiro atoms. The smallest absolute Gasteiger partial charge is 0.251 e. The molecule has 2 heterocycles. The van der Waals surface area contributed by atoms with Gasteiger partial charge in [-0.3, -0.25) is 4.79 Å². The maximum absolute atomic E-state index is 13.1. The van der Waals surface area contributed by atoms with Gasteiger partial charge in [0.2, 0.25) is 0 Å². The molecule has 0 radical (unpaired) electrons. The van der Waals surface area contributed by atoms with Crippen molar-refractivity contribution in [3.05, 3.63) is 29.0 Å². The number of nitrogens with one attached hydrogen (secondary N) is 1. The molecule has 2 aliphatic rings. The molecule has 6 heteroatoms. The van der Waals surface area contributed by atoms with E-state index in [0.29, 0.717) is 13.2 Å². The Labute approximate surface area is 115 Å². The standard InChI is InChI=1S/C13H14ClFN2O2/c14-10-5-9(1-2-11(10)15)17-4-3-8(6-17)16-13(18)12-7-19-12/h1-2,5,8,12H,3-4,6-7H2,(H,16,18). The molecule has 0 bridgehead atoms. The Morgan fingerprint density at radius 3 is 3.00 bits per heavy atom. The molecule has 1 aromatic rings. The lowest BCUT2D eigenvalue weighted by molar-refractivity contribution is -0.122. The van der Waals surface area contributed by atoms with E-state index in [0.717, 1.165) is 18.7 Å². The molecular formula is C13H14ClFN2O2. The minimum Gasteiger partial charge on any atom is -0.369 e. The first kappa shape index (κ1) is 12.7. The van der Waals surface area contributed by atoms with E-state index < -0.39 is 5.82 Å². The summed E-state index contributed by atoms with van der Waals surface area (Å²) in [6, 6.07) is 4.79. The molecule has 0 saturated carbocycles. The number of benzene rings is 1. The average Bonchev–Trinajstić information content (AvgIpc) is 3.14. The normalized spacial score (nSPS) is 25.5. The number of epoxide rings is 1. The largest absolute Gasteiger partial charge is 0.369 e. The molecule has 19 heavy (non-hydrogen) atoms. The van der Waals surface area contributed by atoms with Crippen LogP contribution in [0.2, 0.25) is 5.02 Å². The van der Waals surface area contributed by atoms with Crippen molar-refractivity contribution >= 4 is 23.2 Å². The fourth-order valence-corrected chi connectivity index (χ4v) is 2.46. The van der Waals surface area contributed by atoms with E-state index in [1.165, 1.54) is 6.07 Å². The van der Waals surface area contributed by atoms with Gasteiger partial charge in [-0.2, -0.15) is 0 Å². The zero-order valence-electron chi connectivity index (χ0n) is 10.2. The van der Waals surface area contributed by atoms with Gasteiger partial charge < -0.3 is 15.0 Å². The number of carbonyl (C=O) groups excluding carboxylic acids is 1. The Morgan fingerprint density at radius 2 is 2.32 bits per heavy atom. The van der Waals surface area contributed by atoms with Crippen LogP contribution in [-0.2, 0) is 9.53 Å². The van der Waals surface area contributed by atoms with Crippen LogP contribution in [0, 0.1) is 5.82 Å². The molecule has 3 rings (SSSR count). The fourth-order valence-electron chi connectivity index (χ4n) is 2.29. The minimum absolute atomic E-state index is 0.0380. The molecule has 2 saturated heterocycles. The average molecular weight is 285 g/mol. The number of hydrogen-bond donors (Lipinski definition) is 1. The number of anilines is 1. The van der Waals surface area contributed by atoms with Gasteiger partial charge in [-0.15, -0.1) is 0 Å². The van der Waals surface area contributed by atoms with E-state index in [4.69, 9.17) is 16.3 Å². The van der Waals surface area contributed by atoms with Crippen LogP contribution in [0.3, 0.4) is 0 Å². The summed E-state index contributed by atoms with van der Waals surface area (Å²) in [5.41, 5.74) is 0.880. The summed E-state index contributed by atoms with van der Waals surface area (Å²) in [7, 11) is 0. The van der Waals surface area contributed by atoms with Gasteiger partial charge in [0, 0.05) is 24.8 Å². The number of rotatable bonds is 3. The number of amides is 1. The van der Waals surface area contributed by atoms with Crippen LogP contribution < -0.4 is 10.2 Å². The topological polar surface area (TPSA) is 44.9 Å². The summed E-state index contributed by atoms with van der Waals surface area (Å²) in [5, 5.41) is 3.08. The first-order chi connectivity index (χ1) is 9.13. The Balaban J connectivity index is 1.61. The molecule has 2 unspecified atom stereocenters. The number of carbonyl (C=O) groups is 1. The summed E-state index contributed by atoms with van der Waals surface area (Å²) in [6.07, 6.45) is 0.613. The van der Waals surface area contributed by atoms with Gasteiger partial charge in [0.1, 0.15) is 5.82 Å². The van der Waals surface area contributed by atoms with E-state index in [2.05, 4.69) is 10.2 Å². The third-order valence-electron chi connectivity index (χ3n) is 3.43. The van der Waals surface area contributed by atoms with Crippen LogP contribution in [-0.4, -0.2) is 37.7 Å². The monoisotopic (exact) mass is 284 g/mol. The summed E-state index contributed by atoms with van der Waals surface area (Å²) in [5.74, 6) is -0.454. The number of nitrogens with zero attached hydrogens (tertiary/aromatic N) is 1. The van der Waals surface area contributed by atoms with E-state index in [1.807, 2.05) is 0 Å². The van der Waals surface area contributed by atoms with Crippen LogP contribution >= 0.6 is 11.6 Å². The van der Waals surface area contributed by atoms with Gasteiger partial charge in [0.05, 0.1) is 11.6 Å². The van der Waals surface area contributed by atoms with Crippen molar-refractivity contribution in [1.29, 1.82) is 0 Å². The van der Waals surface area contributed by atoms with Crippen LogP contribution in [0.5, 0.6) is 0 Å². The maximum atomic E-state index is 13.1. The second-order valence-electron chi connectivity index (χ2n) is 4.86.